The van der Waals surface area contributed by atoms with Gasteiger partial charge in [0.25, 0.3) is 0 Å². The zero-order valence-electron chi connectivity index (χ0n) is 8.75. The van der Waals surface area contributed by atoms with E-state index in [-0.39, 0.29) is 24.8 Å². The number of hydrogen-bond donors (Lipinski definition) is 0. The van der Waals surface area contributed by atoms with Crippen molar-refractivity contribution in [2.45, 2.75) is 6.92 Å². The highest BCUT2D eigenvalue weighted by Gasteiger charge is 2.04. The number of methoxy groups -OCH3 is 1. The molecule has 0 fully saturated rings. The number of hydrogen-bond acceptors (Lipinski definition) is 3. The standard InChI is InChI=1S/C11H13FO3/c1-8-3-4-10(5-11(8)12)15-7-9(13)6-14-2/h3-5H,6-7H2,1-2H3. The first-order valence-electron chi connectivity index (χ1n) is 4.53. The summed E-state index contributed by atoms with van der Waals surface area (Å²) in [6.45, 7) is 1.57. The Hall–Kier alpha value is -1.42. The molecule has 0 atom stereocenters. The van der Waals surface area contributed by atoms with E-state index in [9.17, 15) is 9.18 Å². The fourth-order valence-electron chi connectivity index (χ4n) is 1.03. The van der Waals surface area contributed by atoms with E-state index in [0.29, 0.717) is 11.3 Å². The van der Waals surface area contributed by atoms with Crippen LogP contribution in [0, 0.1) is 12.7 Å². The van der Waals surface area contributed by atoms with Crippen molar-refractivity contribution in [3.05, 3.63) is 29.6 Å². The fraction of sp³-hybridized carbons (Fsp3) is 0.364. The van der Waals surface area contributed by atoms with Gasteiger partial charge in [0.1, 0.15) is 24.8 Å². The Morgan fingerprint density at radius 2 is 2.13 bits per heavy atom. The highest BCUT2D eigenvalue weighted by molar-refractivity contribution is 5.81. The van der Waals surface area contributed by atoms with Gasteiger partial charge in [0.2, 0.25) is 0 Å². The first kappa shape index (κ1) is 11.7. The Morgan fingerprint density at radius 3 is 2.73 bits per heavy atom. The molecule has 0 aliphatic rings. The third kappa shape index (κ3) is 3.67. The number of ether oxygens (including phenoxy) is 2. The van der Waals surface area contributed by atoms with E-state index in [4.69, 9.17) is 4.74 Å². The van der Waals surface area contributed by atoms with Gasteiger partial charge in [-0.05, 0) is 18.6 Å². The number of carbonyl (C=O) groups excluding carboxylic acids is 1. The predicted molar refractivity (Wildman–Crippen MR) is 53.5 cm³/mol. The molecule has 15 heavy (non-hydrogen) atoms. The van der Waals surface area contributed by atoms with Gasteiger partial charge in [-0.1, -0.05) is 6.07 Å². The average Bonchev–Trinajstić information content (AvgIpc) is 2.20. The molecule has 0 saturated heterocycles. The summed E-state index contributed by atoms with van der Waals surface area (Å²) < 4.78 is 22.8. The van der Waals surface area contributed by atoms with E-state index >= 15 is 0 Å². The average molecular weight is 212 g/mol. The maximum atomic E-state index is 13.1. The number of rotatable bonds is 5. The molecular weight excluding hydrogens is 199 g/mol. The van der Waals surface area contributed by atoms with Crippen LogP contribution in [0.2, 0.25) is 0 Å². The summed E-state index contributed by atoms with van der Waals surface area (Å²) in [5.74, 6) is -0.173. The highest BCUT2D eigenvalue weighted by Crippen LogP contribution is 2.15. The summed E-state index contributed by atoms with van der Waals surface area (Å²) >= 11 is 0. The Kier molecular flexibility index (Phi) is 4.24. The van der Waals surface area contributed by atoms with E-state index < -0.39 is 0 Å². The lowest BCUT2D eigenvalue weighted by Crippen LogP contribution is -2.16. The summed E-state index contributed by atoms with van der Waals surface area (Å²) in [7, 11) is 1.43. The first-order chi connectivity index (χ1) is 7.13. The van der Waals surface area contributed by atoms with Gasteiger partial charge in [-0.3, -0.25) is 4.79 Å². The fourth-order valence-corrected chi connectivity index (χ4v) is 1.03. The van der Waals surface area contributed by atoms with E-state index in [2.05, 4.69) is 4.74 Å². The molecule has 0 bridgehead atoms. The second-order valence-electron chi connectivity index (χ2n) is 3.17. The van der Waals surface area contributed by atoms with Gasteiger partial charge in [0.15, 0.2) is 5.78 Å². The number of benzene rings is 1. The molecule has 0 unspecified atom stereocenters. The largest absolute Gasteiger partial charge is 0.486 e. The molecule has 1 aromatic rings. The minimum absolute atomic E-state index is 0.00828. The van der Waals surface area contributed by atoms with Crippen molar-refractivity contribution in [2.75, 3.05) is 20.3 Å². The molecule has 1 rings (SSSR count). The Bertz CT molecular complexity index is 350. The minimum atomic E-state index is -0.341. The van der Waals surface area contributed by atoms with E-state index in [1.165, 1.54) is 13.2 Å². The number of ketones is 1. The van der Waals surface area contributed by atoms with Crippen molar-refractivity contribution >= 4 is 5.78 Å². The van der Waals surface area contributed by atoms with Crippen LogP contribution in [0.4, 0.5) is 4.39 Å². The second-order valence-corrected chi connectivity index (χ2v) is 3.17. The Labute approximate surface area is 87.8 Å². The SMILES string of the molecule is COCC(=O)COc1ccc(C)c(F)c1. The molecule has 0 aromatic heterocycles. The number of halogens is 1. The van der Waals surface area contributed by atoms with Crippen LogP contribution in [0.3, 0.4) is 0 Å². The lowest BCUT2D eigenvalue weighted by molar-refractivity contribution is -0.124. The molecule has 0 N–H and O–H groups in total. The lowest BCUT2D eigenvalue weighted by Gasteiger charge is -2.05. The molecule has 0 radical (unpaired) electrons. The van der Waals surface area contributed by atoms with Crippen LogP contribution in [0.1, 0.15) is 5.56 Å². The molecule has 0 aliphatic heterocycles. The topological polar surface area (TPSA) is 35.5 Å². The smallest absolute Gasteiger partial charge is 0.195 e. The normalized spacial score (nSPS) is 10.1. The molecule has 0 saturated carbocycles. The molecule has 0 spiro atoms. The predicted octanol–water partition coefficient (Wildman–Crippen LogP) is 1.73. The van der Waals surface area contributed by atoms with Gasteiger partial charge in [-0.15, -0.1) is 0 Å². The van der Waals surface area contributed by atoms with Crippen molar-refractivity contribution in [2.24, 2.45) is 0 Å². The van der Waals surface area contributed by atoms with Crippen LogP contribution >= 0.6 is 0 Å². The van der Waals surface area contributed by atoms with Crippen LogP contribution in [0.5, 0.6) is 5.75 Å². The first-order valence-corrected chi connectivity index (χ1v) is 4.53. The number of carbonyl (C=O) groups is 1. The molecule has 0 aliphatic carbocycles. The van der Waals surface area contributed by atoms with Gasteiger partial charge >= 0.3 is 0 Å². The third-order valence-corrected chi connectivity index (χ3v) is 1.85. The van der Waals surface area contributed by atoms with Crippen LogP contribution in [-0.4, -0.2) is 26.1 Å². The summed E-state index contributed by atoms with van der Waals surface area (Å²) in [5, 5.41) is 0. The zero-order chi connectivity index (χ0) is 11.3. The van der Waals surface area contributed by atoms with E-state index in [1.807, 2.05) is 0 Å². The van der Waals surface area contributed by atoms with Crippen molar-refractivity contribution in [1.82, 2.24) is 0 Å². The van der Waals surface area contributed by atoms with Gasteiger partial charge in [0.05, 0.1) is 0 Å². The molecule has 4 heteroatoms. The molecule has 0 amide bonds. The summed E-state index contributed by atoms with van der Waals surface area (Å²) in [6, 6.07) is 4.49. The van der Waals surface area contributed by atoms with Crippen LogP contribution < -0.4 is 4.74 Å². The molecule has 0 heterocycles. The Morgan fingerprint density at radius 1 is 1.40 bits per heavy atom. The van der Waals surface area contributed by atoms with Crippen LogP contribution in [-0.2, 0) is 9.53 Å². The molecule has 1 aromatic carbocycles. The summed E-state index contributed by atoms with van der Waals surface area (Å²) in [6.07, 6.45) is 0. The highest BCUT2D eigenvalue weighted by atomic mass is 19.1. The number of Topliss-reactive ketones (excluding diaryl/α,β-unsaturated/α-hetero) is 1. The van der Waals surface area contributed by atoms with Gasteiger partial charge in [-0.2, -0.15) is 0 Å². The second kappa shape index (κ2) is 5.46. The Balaban J connectivity index is 2.51. The van der Waals surface area contributed by atoms with E-state index in [1.54, 1.807) is 19.1 Å². The van der Waals surface area contributed by atoms with Gasteiger partial charge in [0, 0.05) is 13.2 Å². The number of aryl methyl sites for hydroxylation is 1. The van der Waals surface area contributed by atoms with Gasteiger partial charge < -0.3 is 9.47 Å². The van der Waals surface area contributed by atoms with Crippen LogP contribution in [0.25, 0.3) is 0 Å². The van der Waals surface area contributed by atoms with Gasteiger partial charge in [-0.25, -0.2) is 4.39 Å². The van der Waals surface area contributed by atoms with E-state index in [0.717, 1.165) is 0 Å². The van der Waals surface area contributed by atoms with Crippen LogP contribution in [0.15, 0.2) is 18.2 Å². The lowest BCUT2D eigenvalue weighted by atomic mass is 10.2. The molecule has 3 nitrogen and oxygen atoms in total. The quantitative estimate of drug-likeness (QED) is 0.745. The minimum Gasteiger partial charge on any atom is -0.486 e. The zero-order valence-corrected chi connectivity index (χ0v) is 8.75. The van der Waals surface area contributed by atoms with Crippen molar-refractivity contribution < 1.29 is 18.7 Å². The van der Waals surface area contributed by atoms with Crippen molar-refractivity contribution in [3.63, 3.8) is 0 Å². The third-order valence-electron chi connectivity index (χ3n) is 1.85. The maximum Gasteiger partial charge on any atom is 0.195 e. The summed E-state index contributed by atoms with van der Waals surface area (Å²) in [4.78, 5) is 11.0. The molecule has 82 valence electrons. The monoisotopic (exact) mass is 212 g/mol. The van der Waals surface area contributed by atoms with Crippen molar-refractivity contribution in [1.29, 1.82) is 0 Å². The van der Waals surface area contributed by atoms with Crippen molar-refractivity contribution in [3.8, 4) is 5.75 Å². The maximum absolute atomic E-state index is 13.1. The molecular formula is C11H13FO3. The summed E-state index contributed by atoms with van der Waals surface area (Å²) in [5.41, 5.74) is 0.547.